The summed E-state index contributed by atoms with van der Waals surface area (Å²) < 4.78 is 0. The predicted molar refractivity (Wildman–Crippen MR) is 92.2 cm³/mol. The fourth-order valence-corrected chi connectivity index (χ4v) is 2.38. The van der Waals surface area contributed by atoms with Crippen molar-refractivity contribution in [3.05, 3.63) is 42.1 Å². The number of para-hydroxylation sites is 1. The number of nitriles is 1. The van der Waals surface area contributed by atoms with Crippen molar-refractivity contribution in [1.82, 2.24) is 10.3 Å². The van der Waals surface area contributed by atoms with Crippen LogP contribution in [0.1, 0.15) is 38.8 Å². The Hall–Kier alpha value is -2.74. The van der Waals surface area contributed by atoms with Crippen molar-refractivity contribution in [2.75, 3.05) is 6.54 Å². The highest BCUT2D eigenvalue weighted by Gasteiger charge is 2.23. The first-order chi connectivity index (χ1) is 11.3. The summed E-state index contributed by atoms with van der Waals surface area (Å²) in [5, 5.41) is 12.9. The van der Waals surface area contributed by atoms with Gasteiger partial charge in [-0.05, 0) is 17.5 Å². The van der Waals surface area contributed by atoms with Crippen LogP contribution in [0.25, 0.3) is 10.9 Å². The number of pyridine rings is 1. The van der Waals surface area contributed by atoms with Crippen LogP contribution >= 0.6 is 0 Å². The van der Waals surface area contributed by atoms with Crippen LogP contribution in [0.15, 0.2) is 36.4 Å². The van der Waals surface area contributed by atoms with E-state index in [1.807, 2.05) is 57.2 Å². The lowest BCUT2D eigenvalue weighted by molar-refractivity contribution is -0.126. The van der Waals surface area contributed by atoms with Gasteiger partial charge in [0.2, 0.25) is 5.91 Å². The zero-order valence-corrected chi connectivity index (χ0v) is 14.2. The molecule has 0 saturated heterocycles. The van der Waals surface area contributed by atoms with Crippen LogP contribution in [0.3, 0.4) is 0 Å². The van der Waals surface area contributed by atoms with E-state index in [1.54, 1.807) is 6.07 Å². The number of amides is 1. The Balaban J connectivity index is 2.08. The second kappa shape index (κ2) is 7.22. The number of fused-ring (bicyclic) bond motifs is 1. The standard InChI is InChI=1S/C19H21N3O2/c1-19(2,3)10-18(24)21-12-17(23)14(11-20)16-9-8-13-6-4-5-7-15(13)22-16/h4-9,14H,10,12H2,1-3H3,(H,21,24)/t14-/m0/s1. The quantitative estimate of drug-likeness (QED) is 0.917. The summed E-state index contributed by atoms with van der Waals surface area (Å²) in [5.41, 5.74) is 0.993. The van der Waals surface area contributed by atoms with Crippen molar-refractivity contribution in [2.45, 2.75) is 33.1 Å². The largest absolute Gasteiger partial charge is 0.349 e. The Bertz CT molecular complexity index is 800. The van der Waals surface area contributed by atoms with E-state index in [0.29, 0.717) is 12.1 Å². The van der Waals surface area contributed by atoms with E-state index >= 15 is 0 Å². The maximum atomic E-state index is 12.3. The van der Waals surface area contributed by atoms with Crippen molar-refractivity contribution in [2.24, 2.45) is 5.41 Å². The van der Waals surface area contributed by atoms with Crippen molar-refractivity contribution in [3.8, 4) is 6.07 Å². The molecule has 0 unspecified atom stereocenters. The third-order valence-corrected chi connectivity index (χ3v) is 3.52. The van der Waals surface area contributed by atoms with E-state index in [2.05, 4.69) is 10.3 Å². The molecule has 0 aliphatic carbocycles. The van der Waals surface area contributed by atoms with E-state index in [-0.39, 0.29) is 23.7 Å². The fourth-order valence-electron chi connectivity index (χ4n) is 2.38. The van der Waals surface area contributed by atoms with Crippen molar-refractivity contribution < 1.29 is 9.59 Å². The Labute approximate surface area is 141 Å². The lowest BCUT2D eigenvalue weighted by Gasteiger charge is -2.17. The van der Waals surface area contributed by atoms with E-state index in [4.69, 9.17) is 0 Å². The Morgan fingerprint density at radius 3 is 2.58 bits per heavy atom. The van der Waals surface area contributed by atoms with Gasteiger partial charge in [0.05, 0.1) is 23.8 Å². The molecule has 1 atom stereocenters. The molecule has 0 aliphatic heterocycles. The van der Waals surface area contributed by atoms with Gasteiger partial charge in [-0.1, -0.05) is 45.0 Å². The summed E-state index contributed by atoms with van der Waals surface area (Å²) in [6, 6.07) is 13.0. The molecule has 2 rings (SSSR count). The number of benzene rings is 1. The smallest absolute Gasteiger partial charge is 0.220 e. The molecule has 0 bridgehead atoms. The molecule has 0 spiro atoms. The summed E-state index contributed by atoms with van der Waals surface area (Å²) in [7, 11) is 0. The third-order valence-electron chi connectivity index (χ3n) is 3.52. The monoisotopic (exact) mass is 323 g/mol. The topological polar surface area (TPSA) is 82.9 Å². The average Bonchev–Trinajstić information content (AvgIpc) is 2.52. The number of hydrogen-bond acceptors (Lipinski definition) is 4. The average molecular weight is 323 g/mol. The highest BCUT2D eigenvalue weighted by Crippen LogP contribution is 2.19. The summed E-state index contributed by atoms with van der Waals surface area (Å²) in [6.07, 6.45) is 0.325. The molecule has 5 heteroatoms. The van der Waals surface area contributed by atoms with Crippen LogP contribution in [-0.4, -0.2) is 23.2 Å². The summed E-state index contributed by atoms with van der Waals surface area (Å²) in [4.78, 5) is 28.5. The molecule has 124 valence electrons. The zero-order chi connectivity index (χ0) is 17.7. The van der Waals surface area contributed by atoms with E-state index < -0.39 is 5.92 Å². The molecule has 0 radical (unpaired) electrons. The Morgan fingerprint density at radius 2 is 1.92 bits per heavy atom. The lowest BCUT2D eigenvalue weighted by Crippen LogP contribution is -2.34. The van der Waals surface area contributed by atoms with Crippen molar-refractivity contribution >= 4 is 22.6 Å². The minimum atomic E-state index is -0.982. The molecule has 2 aromatic rings. The number of rotatable bonds is 5. The van der Waals surface area contributed by atoms with Crippen LogP contribution in [-0.2, 0) is 9.59 Å². The third kappa shape index (κ3) is 4.63. The van der Waals surface area contributed by atoms with Gasteiger partial charge in [-0.15, -0.1) is 0 Å². The molecular formula is C19H21N3O2. The van der Waals surface area contributed by atoms with Crippen LogP contribution in [0, 0.1) is 16.7 Å². The lowest BCUT2D eigenvalue weighted by atomic mass is 9.92. The van der Waals surface area contributed by atoms with Gasteiger partial charge >= 0.3 is 0 Å². The van der Waals surface area contributed by atoms with Gasteiger partial charge in [0.15, 0.2) is 5.78 Å². The molecule has 0 saturated carbocycles. The van der Waals surface area contributed by atoms with Crippen LogP contribution in [0.2, 0.25) is 0 Å². The number of nitrogens with one attached hydrogen (secondary N) is 1. The number of carbonyl (C=O) groups excluding carboxylic acids is 2. The molecule has 0 fully saturated rings. The first kappa shape index (κ1) is 17.6. The maximum absolute atomic E-state index is 12.3. The summed E-state index contributed by atoms with van der Waals surface area (Å²) in [5.74, 6) is -1.54. The van der Waals surface area contributed by atoms with Crippen LogP contribution in [0.4, 0.5) is 0 Å². The Morgan fingerprint density at radius 1 is 1.21 bits per heavy atom. The molecule has 1 aromatic heterocycles. The van der Waals surface area contributed by atoms with Gasteiger partial charge < -0.3 is 5.32 Å². The van der Waals surface area contributed by atoms with Gasteiger partial charge in [0, 0.05) is 11.8 Å². The van der Waals surface area contributed by atoms with Crippen LogP contribution < -0.4 is 5.32 Å². The molecule has 1 N–H and O–H groups in total. The predicted octanol–water partition coefficient (Wildman–Crippen LogP) is 2.96. The fraction of sp³-hybridized carbons (Fsp3) is 0.368. The first-order valence-corrected chi connectivity index (χ1v) is 7.85. The first-order valence-electron chi connectivity index (χ1n) is 7.85. The summed E-state index contributed by atoms with van der Waals surface area (Å²) >= 11 is 0. The summed E-state index contributed by atoms with van der Waals surface area (Å²) in [6.45, 7) is 5.68. The second-order valence-electron chi connectivity index (χ2n) is 6.97. The normalized spacial score (nSPS) is 12.4. The molecule has 0 aliphatic rings. The van der Waals surface area contributed by atoms with Gasteiger partial charge in [0.25, 0.3) is 0 Å². The minimum absolute atomic E-state index is 0.151. The zero-order valence-electron chi connectivity index (χ0n) is 14.2. The van der Waals surface area contributed by atoms with Crippen LogP contribution in [0.5, 0.6) is 0 Å². The van der Waals surface area contributed by atoms with Gasteiger partial charge in [-0.25, -0.2) is 0 Å². The maximum Gasteiger partial charge on any atom is 0.220 e. The number of ketones is 1. The molecular weight excluding hydrogens is 302 g/mol. The molecule has 1 amide bonds. The number of Topliss-reactive ketones (excluding diaryl/α,β-unsaturated/α-hetero) is 1. The van der Waals surface area contributed by atoms with Gasteiger partial charge in [-0.3, -0.25) is 14.6 Å². The highest BCUT2D eigenvalue weighted by molar-refractivity contribution is 5.93. The molecule has 1 heterocycles. The van der Waals surface area contributed by atoms with Gasteiger partial charge in [0.1, 0.15) is 5.92 Å². The van der Waals surface area contributed by atoms with E-state index in [9.17, 15) is 14.9 Å². The minimum Gasteiger partial charge on any atom is -0.349 e. The van der Waals surface area contributed by atoms with Crippen molar-refractivity contribution in [1.29, 1.82) is 5.26 Å². The molecule has 5 nitrogen and oxygen atoms in total. The molecule has 24 heavy (non-hydrogen) atoms. The highest BCUT2D eigenvalue weighted by atomic mass is 16.2. The second-order valence-corrected chi connectivity index (χ2v) is 6.97. The number of hydrogen-bond donors (Lipinski definition) is 1. The van der Waals surface area contributed by atoms with Crippen molar-refractivity contribution in [3.63, 3.8) is 0 Å². The molecule has 1 aromatic carbocycles. The van der Waals surface area contributed by atoms with E-state index in [1.165, 1.54) is 0 Å². The number of nitrogens with zero attached hydrogens (tertiary/aromatic N) is 2. The number of aromatic nitrogens is 1. The van der Waals surface area contributed by atoms with E-state index in [0.717, 1.165) is 10.9 Å². The number of carbonyl (C=O) groups is 2. The van der Waals surface area contributed by atoms with Gasteiger partial charge in [-0.2, -0.15) is 5.26 Å². The SMILES string of the molecule is CC(C)(C)CC(=O)NCC(=O)[C@@H](C#N)c1ccc2ccccc2n1. The Kier molecular flexibility index (Phi) is 5.30.